The number of thioether (sulfide) groups is 1. The summed E-state index contributed by atoms with van der Waals surface area (Å²) in [5.74, 6) is -6.69. The fraction of sp³-hybridized carbons (Fsp3) is 0.133. The summed E-state index contributed by atoms with van der Waals surface area (Å²) in [6, 6.07) is 13.4. The minimum Gasteiger partial charge on any atom is -0.287 e. The molecule has 110 valence electrons. The standard InChI is InChI=1S/C15H10F4OS/c16-14(17,13(20)11-7-3-1-4-8-11)15(18,19)21-12-9-5-2-6-10-12/h1-10H. The normalized spacial score (nSPS) is 12.2. The molecule has 0 unspecified atom stereocenters. The predicted octanol–water partition coefficient (Wildman–Crippen LogP) is 4.89. The van der Waals surface area contributed by atoms with E-state index in [2.05, 4.69) is 0 Å². The third-order valence-electron chi connectivity index (χ3n) is 2.68. The molecule has 2 rings (SSSR count). The second kappa shape index (κ2) is 5.89. The molecule has 0 saturated heterocycles. The number of rotatable bonds is 5. The topological polar surface area (TPSA) is 17.1 Å². The molecule has 0 bridgehead atoms. The van der Waals surface area contributed by atoms with Crippen molar-refractivity contribution >= 4 is 17.5 Å². The molecule has 0 aromatic heterocycles. The average molecular weight is 314 g/mol. The van der Waals surface area contributed by atoms with Crippen LogP contribution in [0.15, 0.2) is 65.6 Å². The van der Waals surface area contributed by atoms with Crippen molar-refractivity contribution in [3.63, 3.8) is 0 Å². The Hall–Kier alpha value is -1.82. The van der Waals surface area contributed by atoms with E-state index in [4.69, 9.17) is 0 Å². The molecular weight excluding hydrogens is 304 g/mol. The molecule has 21 heavy (non-hydrogen) atoms. The van der Waals surface area contributed by atoms with Crippen LogP contribution in [0.4, 0.5) is 17.6 Å². The molecule has 0 atom stereocenters. The van der Waals surface area contributed by atoms with E-state index in [0.29, 0.717) is 0 Å². The van der Waals surface area contributed by atoms with Gasteiger partial charge in [0.2, 0.25) is 5.78 Å². The van der Waals surface area contributed by atoms with E-state index in [1.54, 1.807) is 6.07 Å². The number of carbonyl (C=O) groups is 1. The van der Waals surface area contributed by atoms with E-state index in [1.165, 1.54) is 42.5 Å². The SMILES string of the molecule is O=C(c1ccccc1)C(F)(F)C(F)(F)Sc1ccccc1. The van der Waals surface area contributed by atoms with Gasteiger partial charge in [-0.2, -0.15) is 17.6 Å². The molecular formula is C15H10F4OS. The summed E-state index contributed by atoms with van der Waals surface area (Å²) in [6.45, 7) is 0. The maximum atomic E-state index is 13.8. The molecule has 0 fully saturated rings. The number of halogens is 4. The fourth-order valence-electron chi connectivity index (χ4n) is 1.60. The number of hydrogen-bond donors (Lipinski definition) is 0. The van der Waals surface area contributed by atoms with Crippen LogP contribution in [0, 0.1) is 0 Å². The van der Waals surface area contributed by atoms with Crippen LogP contribution in [-0.2, 0) is 0 Å². The van der Waals surface area contributed by atoms with Gasteiger partial charge in [-0.05, 0) is 23.9 Å². The van der Waals surface area contributed by atoms with Crippen molar-refractivity contribution < 1.29 is 22.4 Å². The van der Waals surface area contributed by atoms with Crippen LogP contribution in [0.1, 0.15) is 10.4 Å². The average Bonchev–Trinajstić information content (AvgIpc) is 2.47. The van der Waals surface area contributed by atoms with Crippen LogP contribution in [0.25, 0.3) is 0 Å². The Morgan fingerprint density at radius 3 is 1.81 bits per heavy atom. The second-order valence-electron chi connectivity index (χ2n) is 4.20. The first-order valence-corrected chi connectivity index (χ1v) is 6.76. The van der Waals surface area contributed by atoms with Gasteiger partial charge >= 0.3 is 11.2 Å². The van der Waals surface area contributed by atoms with Gasteiger partial charge in [0.05, 0.1) is 0 Å². The zero-order valence-electron chi connectivity index (χ0n) is 10.6. The van der Waals surface area contributed by atoms with Gasteiger partial charge in [-0.1, -0.05) is 48.5 Å². The Balaban J connectivity index is 2.27. The molecule has 1 nitrogen and oxygen atoms in total. The Labute approximate surface area is 123 Å². The summed E-state index contributed by atoms with van der Waals surface area (Å²) in [6.07, 6.45) is 0. The van der Waals surface area contributed by atoms with Crippen LogP contribution < -0.4 is 0 Å². The number of Topliss-reactive ketones (excluding diaryl/α,β-unsaturated/α-hetero) is 1. The summed E-state index contributed by atoms with van der Waals surface area (Å²) >= 11 is -0.328. The first-order chi connectivity index (χ1) is 9.84. The molecule has 0 saturated carbocycles. The van der Waals surface area contributed by atoms with Crippen LogP contribution in [0.5, 0.6) is 0 Å². The molecule has 0 heterocycles. The van der Waals surface area contributed by atoms with E-state index in [0.717, 1.165) is 12.1 Å². The molecule has 6 heteroatoms. The van der Waals surface area contributed by atoms with Gasteiger partial charge in [-0.25, -0.2) is 0 Å². The Morgan fingerprint density at radius 1 is 0.810 bits per heavy atom. The molecule has 0 spiro atoms. The van der Waals surface area contributed by atoms with Gasteiger partial charge in [0.25, 0.3) is 0 Å². The van der Waals surface area contributed by atoms with E-state index in [1.807, 2.05) is 0 Å². The molecule has 0 amide bonds. The number of benzene rings is 2. The summed E-state index contributed by atoms with van der Waals surface area (Å²) in [7, 11) is 0. The molecule has 0 N–H and O–H groups in total. The largest absolute Gasteiger partial charge is 0.381 e. The van der Waals surface area contributed by atoms with Crippen molar-refractivity contribution in [1.82, 2.24) is 0 Å². The quantitative estimate of drug-likeness (QED) is 0.444. The highest BCUT2D eigenvalue weighted by Gasteiger charge is 2.62. The zero-order chi connectivity index (χ0) is 15.5. The lowest BCUT2D eigenvalue weighted by Gasteiger charge is -2.24. The number of carbonyl (C=O) groups excluding carboxylic acids is 1. The van der Waals surface area contributed by atoms with E-state index in [9.17, 15) is 22.4 Å². The van der Waals surface area contributed by atoms with Gasteiger partial charge < -0.3 is 0 Å². The van der Waals surface area contributed by atoms with Crippen molar-refractivity contribution in [2.24, 2.45) is 0 Å². The lowest BCUT2D eigenvalue weighted by atomic mass is 10.1. The number of hydrogen-bond acceptors (Lipinski definition) is 2. The Kier molecular flexibility index (Phi) is 4.37. The smallest absolute Gasteiger partial charge is 0.287 e. The van der Waals surface area contributed by atoms with Gasteiger partial charge in [0, 0.05) is 10.5 Å². The predicted molar refractivity (Wildman–Crippen MR) is 73.0 cm³/mol. The highest BCUT2D eigenvalue weighted by molar-refractivity contribution is 8.00. The number of ketones is 1. The van der Waals surface area contributed by atoms with Gasteiger partial charge in [-0.15, -0.1) is 0 Å². The van der Waals surface area contributed by atoms with Crippen molar-refractivity contribution in [1.29, 1.82) is 0 Å². The minimum absolute atomic E-state index is 0.0389. The van der Waals surface area contributed by atoms with Crippen molar-refractivity contribution in [3.8, 4) is 0 Å². The van der Waals surface area contributed by atoms with Crippen molar-refractivity contribution in [3.05, 3.63) is 66.2 Å². The monoisotopic (exact) mass is 314 g/mol. The zero-order valence-corrected chi connectivity index (χ0v) is 11.4. The van der Waals surface area contributed by atoms with Crippen LogP contribution in [0.2, 0.25) is 0 Å². The highest BCUT2D eigenvalue weighted by atomic mass is 32.2. The third kappa shape index (κ3) is 3.26. The molecule has 0 aliphatic rings. The Bertz CT molecular complexity index is 614. The molecule has 0 aliphatic heterocycles. The molecule has 2 aromatic rings. The van der Waals surface area contributed by atoms with Gasteiger partial charge in [-0.3, -0.25) is 4.79 Å². The lowest BCUT2D eigenvalue weighted by Crippen LogP contribution is -2.44. The van der Waals surface area contributed by atoms with E-state index >= 15 is 0 Å². The van der Waals surface area contributed by atoms with Gasteiger partial charge in [0.15, 0.2) is 0 Å². The van der Waals surface area contributed by atoms with Crippen LogP contribution >= 0.6 is 11.8 Å². The fourth-order valence-corrected chi connectivity index (χ4v) is 2.41. The third-order valence-corrected chi connectivity index (χ3v) is 3.70. The maximum Gasteiger partial charge on any atom is 0.381 e. The van der Waals surface area contributed by atoms with Crippen LogP contribution in [0.3, 0.4) is 0 Å². The summed E-state index contributed by atoms with van der Waals surface area (Å²) in [4.78, 5) is 11.6. The van der Waals surface area contributed by atoms with Gasteiger partial charge in [0.1, 0.15) is 0 Å². The second-order valence-corrected chi connectivity index (χ2v) is 5.39. The van der Waals surface area contributed by atoms with Crippen molar-refractivity contribution in [2.75, 3.05) is 0 Å². The number of alkyl halides is 4. The summed E-state index contributed by atoms with van der Waals surface area (Å²) in [5, 5.41) is -4.54. The minimum atomic E-state index is -4.80. The van der Waals surface area contributed by atoms with E-state index in [-0.39, 0.29) is 16.7 Å². The lowest BCUT2D eigenvalue weighted by molar-refractivity contribution is -0.119. The summed E-state index contributed by atoms with van der Waals surface area (Å²) in [5.41, 5.74) is -0.448. The van der Waals surface area contributed by atoms with Crippen molar-refractivity contribution in [2.45, 2.75) is 16.1 Å². The first-order valence-electron chi connectivity index (χ1n) is 5.94. The Morgan fingerprint density at radius 2 is 1.29 bits per heavy atom. The molecule has 0 radical (unpaired) electrons. The van der Waals surface area contributed by atoms with Crippen LogP contribution in [-0.4, -0.2) is 17.0 Å². The van der Waals surface area contributed by atoms with E-state index < -0.39 is 22.5 Å². The molecule has 0 aliphatic carbocycles. The maximum absolute atomic E-state index is 13.8. The summed E-state index contributed by atoms with van der Waals surface area (Å²) < 4.78 is 55.3. The molecule has 2 aromatic carbocycles. The highest BCUT2D eigenvalue weighted by Crippen LogP contribution is 2.48. The first kappa shape index (κ1) is 15.6.